The molecule has 2 heterocycles. The van der Waals surface area contributed by atoms with Gasteiger partial charge >= 0.3 is 5.97 Å². The number of amides is 1. The molecule has 0 unspecified atom stereocenters. The van der Waals surface area contributed by atoms with Crippen LogP contribution in [0.3, 0.4) is 0 Å². The van der Waals surface area contributed by atoms with Gasteiger partial charge in [-0.3, -0.25) is 14.7 Å². The molecular formula is C19H17N3O3S. The quantitative estimate of drug-likeness (QED) is 0.611. The van der Waals surface area contributed by atoms with E-state index >= 15 is 0 Å². The fourth-order valence-corrected chi connectivity index (χ4v) is 3.47. The van der Waals surface area contributed by atoms with Gasteiger partial charge in [-0.25, -0.2) is 9.79 Å². The van der Waals surface area contributed by atoms with E-state index in [4.69, 9.17) is 4.74 Å². The zero-order valence-corrected chi connectivity index (χ0v) is 15.2. The number of hydrogen-bond acceptors (Lipinski definition) is 6. The number of thioether (sulfide) groups is 1. The molecule has 1 aromatic heterocycles. The first kappa shape index (κ1) is 17.9. The molecule has 3 rings (SSSR count). The lowest BCUT2D eigenvalue weighted by atomic mass is 10.2. The van der Waals surface area contributed by atoms with Crippen LogP contribution < -0.4 is 0 Å². The van der Waals surface area contributed by atoms with Crippen LogP contribution in [0.25, 0.3) is 6.08 Å². The maximum absolute atomic E-state index is 12.6. The lowest BCUT2D eigenvalue weighted by Crippen LogP contribution is -2.28. The van der Waals surface area contributed by atoms with Crippen LogP contribution in [-0.2, 0) is 9.53 Å². The van der Waals surface area contributed by atoms with E-state index in [-0.39, 0.29) is 5.91 Å². The monoisotopic (exact) mass is 367 g/mol. The van der Waals surface area contributed by atoms with E-state index in [9.17, 15) is 9.59 Å². The second-order valence-electron chi connectivity index (χ2n) is 5.38. The summed E-state index contributed by atoms with van der Waals surface area (Å²) >= 11 is 1.31. The van der Waals surface area contributed by atoms with Crippen molar-refractivity contribution in [1.29, 1.82) is 0 Å². The van der Waals surface area contributed by atoms with Crippen molar-refractivity contribution in [3.8, 4) is 0 Å². The number of aliphatic imine (C=N–C) groups is 1. The molecule has 0 aliphatic carbocycles. The van der Waals surface area contributed by atoms with Crippen LogP contribution in [0.2, 0.25) is 0 Å². The predicted molar refractivity (Wildman–Crippen MR) is 102 cm³/mol. The fourth-order valence-electron chi connectivity index (χ4n) is 2.41. The van der Waals surface area contributed by atoms with E-state index < -0.39 is 5.97 Å². The first-order valence-corrected chi connectivity index (χ1v) is 8.82. The van der Waals surface area contributed by atoms with Gasteiger partial charge in [0.25, 0.3) is 5.91 Å². The molecule has 2 aromatic rings. The van der Waals surface area contributed by atoms with Gasteiger partial charge in [0.1, 0.15) is 0 Å². The summed E-state index contributed by atoms with van der Waals surface area (Å²) < 4.78 is 4.73. The molecule has 0 atom stereocenters. The summed E-state index contributed by atoms with van der Waals surface area (Å²) in [6.07, 6.45) is 5.19. The molecule has 0 bridgehead atoms. The Morgan fingerprint density at radius 1 is 1.31 bits per heavy atom. The Hall–Kier alpha value is -2.93. The first-order valence-electron chi connectivity index (χ1n) is 8.01. The molecule has 7 heteroatoms. The zero-order chi connectivity index (χ0) is 18.5. The number of amidine groups is 1. The molecule has 1 aliphatic rings. The number of likely N-dealkylation sites (N-methyl/N-ethyl adjacent to an activating group) is 1. The number of carbonyl (C=O) groups excluding carboxylic acids is 2. The van der Waals surface area contributed by atoms with Crippen LogP contribution in [0.1, 0.15) is 22.8 Å². The second-order valence-corrected chi connectivity index (χ2v) is 6.39. The molecule has 132 valence electrons. The summed E-state index contributed by atoms with van der Waals surface area (Å²) in [5.74, 6) is -0.509. The van der Waals surface area contributed by atoms with Gasteiger partial charge in [0.15, 0.2) is 5.17 Å². The van der Waals surface area contributed by atoms with Crippen LogP contribution >= 0.6 is 11.8 Å². The summed E-state index contributed by atoms with van der Waals surface area (Å²) in [5.41, 5.74) is 1.91. The number of hydrogen-bond donors (Lipinski definition) is 0. The number of nitrogens with zero attached hydrogens (tertiary/aromatic N) is 3. The van der Waals surface area contributed by atoms with Crippen LogP contribution in [0.15, 0.2) is 58.7 Å². The number of carbonyl (C=O) groups is 2. The SMILES string of the molecule is CCN1C(=O)C(=Cc2ccncc2)SC1=Nc1cccc(C(=O)OC)c1. The summed E-state index contributed by atoms with van der Waals surface area (Å²) in [6, 6.07) is 10.5. The minimum atomic E-state index is -0.423. The van der Waals surface area contributed by atoms with Crippen LogP contribution in [-0.4, -0.2) is 40.6 Å². The highest BCUT2D eigenvalue weighted by atomic mass is 32.2. The fraction of sp³-hybridized carbons (Fsp3) is 0.158. The second kappa shape index (κ2) is 7.97. The third-order valence-electron chi connectivity index (χ3n) is 3.70. The van der Waals surface area contributed by atoms with Gasteiger partial charge < -0.3 is 4.74 Å². The highest BCUT2D eigenvalue weighted by molar-refractivity contribution is 8.18. The molecule has 1 aromatic carbocycles. The zero-order valence-electron chi connectivity index (χ0n) is 14.4. The lowest BCUT2D eigenvalue weighted by molar-refractivity contribution is -0.122. The summed E-state index contributed by atoms with van der Waals surface area (Å²) in [4.78, 5) is 35.0. The standard InChI is InChI=1S/C19H17N3O3S/c1-3-22-17(23)16(11-13-7-9-20-10-8-13)26-19(22)21-15-6-4-5-14(12-15)18(24)25-2/h4-12H,3H2,1-2H3. The third-order valence-corrected chi connectivity index (χ3v) is 4.71. The third kappa shape index (κ3) is 3.83. The van der Waals surface area contributed by atoms with Crippen LogP contribution in [0.4, 0.5) is 5.69 Å². The number of rotatable bonds is 4. The normalized spacial score (nSPS) is 17.2. The average molecular weight is 367 g/mol. The number of benzene rings is 1. The maximum Gasteiger partial charge on any atom is 0.337 e. The van der Waals surface area contributed by atoms with E-state index in [1.165, 1.54) is 18.9 Å². The van der Waals surface area contributed by atoms with Crippen molar-refractivity contribution >= 4 is 40.6 Å². The van der Waals surface area contributed by atoms with E-state index in [2.05, 4.69) is 9.98 Å². The number of aromatic nitrogens is 1. The van der Waals surface area contributed by atoms with Gasteiger partial charge in [0, 0.05) is 18.9 Å². The minimum absolute atomic E-state index is 0.0859. The Balaban J connectivity index is 1.92. The van der Waals surface area contributed by atoms with Crippen LogP contribution in [0.5, 0.6) is 0 Å². The van der Waals surface area contributed by atoms with Crippen molar-refractivity contribution in [2.75, 3.05) is 13.7 Å². The van der Waals surface area contributed by atoms with Gasteiger partial charge in [-0.15, -0.1) is 0 Å². The van der Waals surface area contributed by atoms with Crippen LogP contribution in [0, 0.1) is 0 Å². The molecule has 26 heavy (non-hydrogen) atoms. The number of methoxy groups -OCH3 is 1. The number of esters is 1. The average Bonchev–Trinajstić information content (AvgIpc) is 2.96. The molecule has 1 saturated heterocycles. The summed E-state index contributed by atoms with van der Waals surface area (Å²) in [6.45, 7) is 2.41. The minimum Gasteiger partial charge on any atom is -0.465 e. The maximum atomic E-state index is 12.6. The molecule has 1 amide bonds. The smallest absolute Gasteiger partial charge is 0.337 e. The van der Waals surface area contributed by atoms with Gasteiger partial charge in [-0.2, -0.15) is 0 Å². The van der Waals surface area contributed by atoms with E-state index in [1.54, 1.807) is 41.6 Å². The molecular weight excluding hydrogens is 350 g/mol. The number of pyridine rings is 1. The van der Waals surface area contributed by atoms with Crippen molar-refractivity contribution in [3.05, 3.63) is 64.8 Å². The Kier molecular flexibility index (Phi) is 5.48. The first-order chi connectivity index (χ1) is 12.6. The molecule has 0 radical (unpaired) electrons. The van der Waals surface area contributed by atoms with Crippen molar-refractivity contribution in [1.82, 2.24) is 9.88 Å². The summed E-state index contributed by atoms with van der Waals surface area (Å²) in [5, 5.41) is 0.583. The lowest BCUT2D eigenvalue weighted by Gasteiger charge is -2.12. The van der Waals surface area contributed by atoms with E-state index in [0.29, 0.717) is 27.9 Å². The Labute approximate surface area is 155 Å². The topological polar surface area (TPSA) is 71.9 Å². The Morgan fingerprint density at radius 2 is 2.08 bits per heavy atom. The van der Waals surface area contributed by atoms with E-state index in [0.717, 1.165) is 5.56 Å². The number of ether oxygens (including phenoxy) is 1. The van der Waals surface area contributed by atoms with Crippen molar-refractivity contribution < 1.29 is 14.3 Å². The highest BCUT2D eigenvalue weighted by Crippen LogP contribution is 2.34. The molecule has 1 fully saturated rings. The Bertz CT molecular complexity index is 894. The van der Waals surface area contributed by atoms with Gasteiger partial charge in [-0.05, 0) is 60.7 Å². The van der Waals surface area contributed by atoms with E-state index in [1.807, 2.05) is 25.1 Å². The Morgan fingerprint density at radius 3 is 2.77 bits per heavy atom. The van der Waals surface area contributed by atoms with Crippen molar-refractivity contribution in [3.63, 3.8) is 0 Å². The van der Waals surface area contributed by atoms with Crippen molar-refractivity contribution in [2.24, 2.45) is 4.99 Å². The van der Waals surface area contributed by atoms with Gasteiger partial charge in [0.2, 0.25) is 0 Å². The van der Waals surface area contributed by atoms with Gasteiger partial charge in [0.05, 0.1) is 23.3 Å². The molecule has 1 aliphatic heterocycles. The molecule has 0 N–H and O–H groups in total. The van der Waals surface area contributed by atoms with Crippen molar-refractivity contribution in [2.45, 2.75) is 6.92 Å². The molecule has 6 nitrogen and oxygen atoms in total. The predicted octanol–water partition coefficient (Wildman–Crippen LogP) is 3.49. The summed E-state index contributed by atoms with van der Waals surface area (Å²) in [7, 11) is 1.33. The van der Waals surface area contributed by atoms with Gasteiger partial charge in [-0.1, -0.05) is 6.07 Å². The molecule has 0 saturated carbocycles. The largest absolute Gasteiger partial charge is 0.465 e. The highest BCUT2D eigenvalue weighted by Gasteiger charge is 2.32. The molecule has 0 spiro atoms.